The Kier molecular flexibility index (Phi) is 14.9. The van der Waals surface area contributed by atoms with Crippen LogP contribution in [-0.2, 0) is 40.0 Å². The lowest BCUT2D eigenvalue weighted by Gasteiger charge is -2.32. The van der Waals surface area contributed by atoms with E-state index in [0.717, 1.165) is 0 Å². The minimum atomic E-state index is -1.50. The molecule has 2 fully saturated rings. The van der Waals surface area contributed by atoms with E-state index in [2.05, 4.69) is 20.9 Å². The summed E-state index contributed by atoms with van der Waals surface area (Å²) in [6.45, 7) is 0.416. The number of carboxylic acids is 2. The molecule has 3 rings (SSSR count). The number of hydrogen-bond donors (Lipinski definition) is 8. The maximum Gasteiger partial charge on any atom is 0.326 e. The number of carbonyl (C=O) groups excluding carboxylic acids is 5. The Labute approximate surface area is 289 Å². The smallest absolute Gasteiger partial charge is 0.326 e. The van der Waals surface area contributed by atoms with Gasteiger partial charge in [0.1, 0.15) is 24.2 Å². The van der Waals surface area contributed by atoms with E-state index in [1.54, 1.807) is 30.3 Å². The molecular formula is C32H47N9O9. The first-order chi connectivity index (χ1) is 23.8. The average molecular weight is 702 g/mol. The van der Waals surface area contributed by atoms with Crippen molar-refractivity contribution in [2.45, 2.75) is 88.0 Å². The molecule has 0 saturated carbocycles. The predicted octanol–water partition coefficient (Wildman–Crippen LogP) is -2.37. The third-order valence-corrected chi connectivity index (χ3v) is 8.56. The second-order valence-corrected chi connectivity index (χ2v) is 12.3. The van der Waals surface area contributed by atoms with Crippen molar-refractivity contribution in [3.8, 4) is 0 Å². The van der Waals surface area contributed by atoms with Crippen LogP contribution in [0.5, 0.6) is 0 Å². The van der Waals surface area contributed by atoms with Crippen molar-refractivity contribution in [1.29, 1.82) is 0 Å². The highest BCUT2D eigenvalue weighted by Crippen LogP contribution is 2.26. The van der Waals surface area contributed by atoms with Crippen molar-refractivity contribution in [3.63, 3.8) is 0 Å². The molecule has 1 aromatic carbocycles. The quantitative estimate of drug-likeness (QED) is 0.0453. The van der Waals surface area contributed by atoms with E-state index in [1.165, 1.54) is 9.80 Å². The Balaban J connectivity index is 1.60. The molecule has 0 aliphatic carbocycles. The number of rotatable bonds is 18. The van der Waals surface area contributed by atoms with E-state index < -0.39 is 72.8 Å². The number of hydrogen-bond acceptors (Lipinski definition) is 9. The lowest BCUT2D eigenvalue weighted by molar-refractivity contribution is -0.147. The van der Waals surface area contributed by atoms with Crippen molar-refractivity contribution < 1.29 is 43.8 Å². The predicted molar refractivity (Wildman–Crippen MR) is 179 cm³/mol. The summed E-state index contributed by atoms with van der Waals surface area (Å²) in [5.41, 5.74) is 17.4. The van der Waals surface area contributed by atoms with Crippen LogP contribution in [0.3, 0.4) is 0 Å². The zero-order valence-corrected chi connectivity index (χ0v) is 27.8. The number of nitrogens with two attached hydrogens (primary N) is 3. The van der Waals surface area contributed by atoms with Crippen LogP contribution >= 0.6 is 0 Å². The Morgan fingerprint density at radius 3 is 2.18 bits per heavy atom. The lowest BCUT2D eigenvalue weighted by Crippen LogP contribution is -2.56. The Morgan fingerprint density at radius 2 is 1.54 bits per heavy atom. The summed E-state index contributed by atoms with van der Waals surface area (Å²) in [4.78, 5) is 95.5. The second-order valence-electron chi connectivity index (χ2n) is 12.3. The Morgan fingerprint density at radius 1 is 0.880 bits per heavy atom. The van der Waals surface area contributed by atoms with Gasteiger partial charge in [-0.05, 0) is 50.5 Å². The molecule has 2 aliphatic rings. The van der Waals surface area contributed by atoms with Gasteiger partial charge in [0.2, 0.25) is 29.5 Å². The first kappa shape index (κ1) is 39.2. The van der Waals surface area contributed by atoms with E-state index in [0.29, 0.717) is 57.2 Å². The van der Waals surface area contributed by atoms with Gasteiger partial charge in [0.15, 0.2) is 5.96 Å². The highest BCUT2D eigenvalue weighted by atomic mass is 16.4. The summed E-state index contributed by atoms with van der Waals surface area (Å²) in [6.07, 6.45) is 1.82. The standard InChI is InChI=1S/C32H47N9O9/c33-20(9-4-14-36-32(34)35)29(47)41-16-6-11-24(41)30(48)40-15-5-10-23(40)28(46)37-18-25(42)38-22(17-19-7-2-1-3-8-19)27(45)39-21(31(49)50)12-13-26(43)44/h1-3,7-8,20-24H,4-6,9-18,33H2,(H,37,46)(H,38,42)(H,39,45)(H,43,44)(H,49,50)(H4,34,35,36). The summed E-state index contributed by atoms with van der Waals surface area (Å²) in [7, 11) is 0. The van der Waals surface area contributed by atoms with Gasteiger partial charge in [-0.2, -0.15) is 0 Å². The van der Waals surface area contributed by atoms with Crippen LogP contribution in [0.4, 0.5) is 0 Å². The van der Waals surface area contributed by atoms with Crippen molar-refractivity contribution in [2.75, 3.05) is 26.2 Å². The fourth-order valence-electron chi connectivity index (χ4n) is 6.02. The van der Waals surface area contributed by atoms with Crippen LogP contribution in [-0.4, -0.2) is 124 Å². The van der Waals surface area contributed by atoms with Gasteiger partial charge >= 0.3 is 11.9 Å². The van der Waals surface area contributed by atoms with Gasteiger partial charge in [0, 0.05) is 32.5 Å². The molecule has 5 atom stereocenters. The van der Waals surface area contributed by atoms with Crippen molar-refractivity contribution in [1.82, 2.24) is 25.8 Å². The van der Waals surface area contributed by atoms with Crippen molar-refractivity contribution >= 4 is 47.4 Å². The number of guanidine groups is 1. The molecule has 11 N–H and O–H groups in total. The molecular weight excluding hydrogens is 654 g/mol. The number of carboxylic acid groups (broad SMARTS) is 2. The number of amides is 5. The van der Waals surface area contributed by atoms with Gasteiger partial charge in [-0.1, -0.05) is 30.3 Å². The largest absolute Gasteiger partial charge is 0.481 e. The molecule has 0 radical (unpaired) electrons. The van der Waals surface area contributed by atoms with Crippen LogP contribution in [0, 0.1) is 0 Å². The van der Waals surface area contributed by atoms with Gasteiger partial charge < -0.3 is 53.2 Å². The van der Waals surface area contributed by atoms with Crippen LogP contribution in [0.15, 0.2) is 35.3 Å². The van der Waals surface area contributed by atoms with E-state index in [-0.39, 0.29) is 37.2 Å². The molecule has 2 heterocycles. The topological polar surface area (TPSA) is 293 Å². The third kappa shape index (κ3) is 11.7. The molecule has 2 aliphatic heterocycles. The summed E-state index contributed by atoms with van der Waals surface area (Å²) >= 11 is 0. The number of likely N-dealkylation sites (tertiary alicyclic amines) is 2. The normalized spacial score (nSPS) is 18.7. The summed E-state index contributed by atoms with van der Waals surface area (Å²) in [6, 6.07) is 3.37. The summed E-state index contributed by atoms with van der Waals surface area (Å²) in [5.74, 6) is -5.64. The molecule has 274 valence electrons. The SMILES string of the molecule is NC(N)=NCCCC(N)C(=O)N1CCCC1C(=O)N1CCCC1C(=O)NCC(=O)NC(Cc1ccccc1)C(=O)NC(CCC(=O)O)C(=O)O. The Bertz CT molecular complexity index is 1420. The third-order valence-electron chi connectivity index (χ3n) is 8.56. The van der Waals surface area contributed by atoms with E-state index >= 15 is 0 Å². The average Bonchev–Trinajstić information content (AvgIpc) is 3.77. The van der Waals surface area contributed by atoms with Crippen molar-refractivity contribution in [3.05, 3.63) is 35.9 Å². The van der Waals surface area contributed by atoms with Gasteiger partial charge in [-0.15, -0.1) is 0 Å². The van der Waals surface area contributed by atoms with Crippen LogP contribution in [0.2, 0.25) is 0 Å². The first-order valence-corrected chi connectivity index (χ1v) is 16.6. The van der Waals surface area contributed by atoms with Gasteiger partial charge in [0.05, 0.1) is 12.6 Å². The molecule has 0 aromatic heterocycles. The summed E-state index contributed by atoms with van der Waals surface area (Å²) in [5, 5.41) is 25.8. The molecule has 2 saturated heterocycles. The van der Waals surface area contributed by atoms with E-state index in [9.17, 15) is 38.7 Å². The zero-order valence-electron chi connectivity index (χ0n) is 27.8. The van der Waals surface area contributed by atoms with Gasteiger partial charge in [-0.25, -0.2) is 4.79 Å². The molecule has 0 spiro atoms. The maximum absolute atomic E-state index is 13.7. The maximum atomic E-state index is 13.7. The molecule has 1 aromatic rings. The zero-order chi connectivity index (χ0) is 36.8. The Hall–Kier alpha value is -5.26. The number of benzene rings is 1. The minimum Gasteiger partial charge on any atom is -0.481 e. The van der Waals surface area contributed by atoms with Gasteiger partial charge in [0.25, 0.3) is 0 Å². The minimum absolute atomic E-state index is 0.0148. The number of aliphatic carboxylic acids is 2. The molecule has 18 heteroatoms. The monoisotopic (exact) mass is 701 g/mol. The molecule has 50 heavy (non-hydrogen) atoms. The number of nitrogens with zero attached hydrogens (tertiary/aromatic N) is 3. The number of carbonyl (C=O) groups is 7. The highest BCUT2D eigenvalue weighted by molar-refractivity contribution is 5.96. The van der Waals surface area contributed by atoms with Crippen LogP contribution < -0.4 is 33.2 Å². The molecule has 18 nitrogen and oxygen atoms in total. The number of aliphatic imine (C=N–C) groups is 1. The van der Waals surface area contributed by atoms with Crippen LogP contribution in [0.1, 0.15) is 56.9 Å². The molecule has 0 bridgehead atoms. The molecule has 5 amide bonds. The van der Waals surface area contributed by atoms with Crippen molar-refractivity contribution in [2.24, 2.45) is 22.2 Å². The fourth-order valence-corrected chi connectivity index (χ4v) is 6.02. The fraction of sp³-hybridized carbons (Fsp3) is 0.562. The second kappa shape index (κ2) is 19.1. The first-order valence-electron chi connectivity index (χ1n) is 16.6. The lowest BCUT2D eigenvalue weighted by atomic mass is 10.0. The van der Waals surface area contributed by atoms with E-state index in [1.807, 2.05) is 0 Å². The van der Waals surface area contributed by atoms with Crippen LogP contribution in [0.25, 0.3) is 0 Å². The summed E-state index contributed by atoms with van der Waals surface area (Å²) < 4.78 is 0. The highest BCUT2D eigenvalue weighted by Gasteiger charge is 2.43. The number of nitrogens with one attached hydrogen (secondary N) is 3. The van der Waals surface area contributed by atoms with Gasteiger partial charge in [-0.3, -0.25) is 33.8 Å². The molecule has 5 unspecified atom stereocenters. The van der Waals surface area contributed by atoms with E-state index in [4.69, 9.17) is 22.3 Å².